The smallest absolute Gasteiger partial charge is 0.0193 e. The lowest BCUT2D eigenvalue weighted by atomic mass is 9.67. The van der Waals surface area contributed by atoms with E-state index in [4.69, 9.17) is 0 Å². The van der Waals surface area contributed by atoms with Crippen molar-refractivity contribution in [2.45, 2.75) is 52.1 Å². The molecule has 0 radical (unpaired) electrons. The Morgan fingerprint density at radius 1 is 1.36 bits per heavy atom. The highest BCUT2D eigenvalue weighted by Crippen LogP contribution is 2.42. The summed E-state index contributed by atoms with van der Waals surface area (Å²) in [6.45, 7) is 10.8. The van der Waals surface area contributed by atoms with Crippen LogP contribution in [0.5, 0.6) is 0 Å². The molecule has 0 aromatic carbocycles. The highest BCUT2D eigenvalue weighted by molar-refractivity contribution is 4.95. The van der Waals surface area contributed by atoms with Crippen LogP contribution in [0.15, 0.2) is 0 Å². The van der Waals surface area contributed by atoms with Crippen molar-refractivity contribution in [3.05, 3.63) is 0 Å². The highest BCUT2D eigenvalue weighted by Gasteiger charge is 2.40. The monoisotopic (exact) mass is 196 g/mol. The SMILES string of the molecule is CCC1CN(C2CC(C)(C)C2)CCN1. The fourth-order valence-electron chi connectivity index (χ4n) is 2.93. The van der Waals surface area contributed by atoms with Gasteiger partial charge < -0.3 is 5.32 Å². The van der Waals surface area contributed by atoms with Gasteiger partial charge in [0.25, 0.3) is 0 Å². The van der Waals surface area contributed by atoms with E-state index in [-0.39, 0.29) is 0 Å². The van der Waals surface area contributed by atoms with Crippen LogP contribution in [0.2, 0.25) is 0 Å². The molecule has 1 saturated heterocycles. The molecular weight excluding hydrogens is 172 g/mol. The van der Waals surface area contributed by atoms with Crippen molar-refractivity contribution in [1.82, 2.24) is 10.2 Å². The maximum Gasteiger partial charge on any atom is 0.0193 e. The molecule has 1 atom stereocenters. The van der Waals surface area contributed by atoms with E-state index in [0.717, 1.165) is 12.1 Å². The topological polar surface area (TPSA) is 15.3 Å². The summed E-state index contributed by atoms with van der Waals surface area (Å²) in [5.41, 5.74) is 0.622. The number of piperazine rings is 1. The third-order valence-electron chi connectivity index (χ3n) is 3.87. The van der Waals surface area contributed by atoms with Gasteiger partial charge in [0.15, 0.2) is 0 Å². The van der Waals surface area contributed by atoms with Crippen molar-refractivity contribution in [2.75, 3.05) is 19.6 Å². The average molecular weight is 196 g/mol. The summed E-state index contributed by atoms with van der Waals surface area (Å²) in [6.07, 6.45) is 4.08. The Morgan fingerprint density at radius 2 is 2.07 bits per heavy atom. The molecule has 1 aliphatic heterocycles. The van der Waals surface area contributed by atoms with E-state index in [9.17, 15) is 0 Å². The Balaban J connectivity index is 1.81. The summed E-state index contributed by atoms with van der Waals surface area (Å²) < 4.78 is 0. The van der Waals surface area contributed by atoms with Crippen molar-refractivity contribution in [3.63, 3.8) is 0 Å². The fraction of sp³-hybridized carbons (Fsp3) is 1.00. The first-order valence-electron chi connectivity index (χ1n) is 6.08. The normalized spacial score (nSPS) is 34.1. The van der Waals surface area contributed by atoms with Gasteiger partial charge in [-0.15, -0.1) is 0 Å². The molecule has 0 amide bonds. The third kappa shape index (κ3) is 2.12. The van der Waals surface area contributed by atoms with Gasteiger partial charge in [0.1, 0.15) is 0 Å². The van der Waals surface area contributed by atoms with Crippen molar-refractivity contribution in [3.8, 4) is 0 Å². The molecule has 1 N–H and O–H groups in total. The van der Waals surface area contributed by atoms with Crippen LogP contribution in [0.4, 0.5) is 0 Å². The number of rotatable bonds is 2. The third-order valence-corrected chi connectivity index (χ3v) is 3.87. The van der Waals surface area contributed by atoms with Crippen LogP contribution in [-0.2, 0) is 0 Å². The molecule has 14 heavy (non-hydrogen) atoms. The Hall–Kier alpha value is -0.0800. The van der Waals surface area contributed by atoms with Crippen molar-refractivity contribution in [1.29, 1.82) is 0 Å². The summed E-state index contributed by atoms with van der Waals surface area (Å²) in [7, 11) is 0. The lowest BCUT2D eigenvalue weighted by molar-refractivity contribution is 0.00937. The summed E-state index contributed by atoms with van der Waals surface area (Å²) in [4.78, 5) is 2.70. The number of hydrogen-bond donors (Lipinski definition) is 1. The molecule has 1 saturated carbocycles. The van der Waals surface area contributed by atoms with Crippen LogP contribution in [-0.4, -0.2) is 36.6 Å². The van der Waals surface area contributed by atoms with Gasteiger partial charge in [-0.3, -0.25) is 4.90 Å². The first-order chi connectivity index (χ1) is 6.61. The zero-order valence-corrected chi connectivity index (χ0v) is 9.84. The van der Waals surface area contributed by atoms with Gasteiger partial charge in [-0.25, -0.2) is 0 Å². The summed E-state index contributed by atoms with van der Waals surface area (Å²) in [5.74, 6) is 0. The first kappa shape index (κ1) is 10.4. The number of nitrogens with one attached hydrogen (secondary N) is 1. The van der Waals surface area contributed by atoms with E-state index in [0.29, 0.717) is 5.41 Å². The van der Waals surface area contributed by atoms with Crippen molar-refractivity contribution >= 4 is 0 Å². The van der Waals surface area contributed by atoms with Gasteiger partial charge in [-0.2, -0.15) is 0 Å². The summed E-state index contributed by atoms with van der Waals surface area (Å²) in [5, 5.41) is 3.58. The standard InChI is InChI=1S/C12H24N2/c1-4-10-9-14(6-5-13-10)11-7-12(2,3)8-11/h10-11,13H,4-9H2,1-3H3. The minimum Gasteiger partial charge on any atom is -0.311 e. The molecule has 0 aromatic heterocycles. The Labute approximate surface area is 88.1 Å². The van der Waals surface area contributed by atoms with Gasteiger partial charge in [0, 0.05) is 31.7 Å². The maximum absolute atomic E-state index is 3.58. The van der Waals surface area contributed by atoms with Gasteiger partial charge in [0.05, 0.1) is 0 Å². The minimum absolute atomic E-state index is 0.622. The molecule has 0 aromatic rings. The van der Waals surface area contributed by atoms with Gasteiger partial charge in [-0.1, -0.05) is 20.8 Å². The number of nitrogens with zero attached hydrogens (tertiary/aromatic N) is 1. The quantitative estimate of drug-likeness (QED) is 0.725. The number of hydrogen-bond acceptors (Lipinski definition) is 2. The molecule has 82 valence electrons. The van der Waals surface area contributed by atoms with Crippen LogP contribution in [0.1, 0.15) is 40.0 Å². The molecule has 2 aliphatic rings. The second-order valence-corrected chi connectivity index (χ2v) is 5.78. The van der Waals surface area contributed by atoms with E-state index < -0.39 is 0 Å². The summed E-state index contributed by atoms with van der Waals surface area (Å²) in [6, 6.07) is 1.63. The predicted octanol–water partition coefficient (Wildman–Crippen LogP) is 1.86. The van der Waals surface area contributed by atoms with Crippen LogP contribution in [0.25, 0.3) is 0 Å². The highest BCUT2D eigenvalue weighted by atomic mass is 15.2. The molecule has 2 nitrogen and oxygen atoms in total. The summed E-state index contributed by atoms with van der Waals surface area (Å²) >= 11 is 0. The second-order valence-electron chi connectivity index (χ2n) is 5.78. The van der Waals surface area contributed by atoms with Crippen LogP contribution in [0, 0.1) is 5.41 Å². The first-order valence-corrected chi connectivity index (χ1v) is 6.08. The van der Waals surface area contributed by atoms with Gasteiger partial charge in [-0.05, 0) is 24.7 Å². The molecule has 1 heterocycles. The maximum atomic E-state index is 3.58. The van der Waals surface area contributed by atoms with Crippen LogP contribution >= 0.6 is 0 Å². The lowest BCUT2D eigenvalue weighted by Gasteiger charge is -2.50. The molecule has 2 rings (SSSR count). The van der Waals surface area contributed by atoms with E-state index in [1.807, 2.05) is 0 Å². The predicted molar refractivity (Wildman–Crippen MR) is 60.5 cm³/mol. The molecule has 2 fully saturated rings. The molecular formula is C12H24N2. The lowest BCUT2D eigenvalue weighted by Crippen LogP contribution is -2.58. The molecule has 0 spiro atoms. The van der Waals surface area contributed by atoms with Gasteiger partial charge >= 0.3 is 0 Å². The minimum atomic E-state index is 0.622. The van der Waals surface area contributed by atoms with E-state index in [1.165, 1.54) is 38.9 Å². The zero-order chi connectivity index (χ0) is 10.2. The van der Waals surface area contributed by atoms with Crippen molar-refractivity contribution < 1.29 is 0 Å². The van der Waals surface area contributed by atoms with Crippen LogP contribution < -0.4 is 5.32 Å². The molecule has 2 heteroatoms. The van der Waals surface area contributed by atoms with E-state index in [2.05, 4.69) is 31.0 Å². The molecule has 1 unspecified atom stereocenters. The van der Waals surface area contributed by atoms with E-state index in [1.54, 1.807) is 0 Å². The Bertz CT molecular complexity index is 192. The average Bonchev–Trinajstić information content (AvgIpc) is 2.14. The Morgan fingerprint density at radius 3 is 2.64 bits per heavy atom. The van der Waals surface area contributed by atoms with E-state index >= 15 is 0 Å². The van der Waals surface area contributed by atoms with Crippen molar-refractivity contribution in [2.24, 2.45) is 5.41 Å². The molecule has 1 aliphatic carbocycles. The van der Waals surface area contributed by atoms with Gasteiger partial charge in [0.2, 0.25) is 0 Å². The molecule has 0 bridgehead atoms. The largest absolute Gasteiger partial charge is 0.311 e. The second kappa shape index (κ2) is 3.82. The zero-order valence-electron chi connectivity index (χ0n) is 9.84. The fourth-order valence-corrected chi connectivity index (χ4v) is 2.93. The Kier molecular flexibility index (Phi) is 2.85. The van der Waals surface area contributed by atoms with Crippen LogP contribution in [0.3, 0.4) is 0 Å².